The van der Waals surface area contributed by atoms with E-state index in [1.165, 1.54) is 12.1 Å². The van der Waals surface area contributed by atoms with Gasteiger partial charge in [-0.05, 0) is 29.8 Å². The van der Waals surface area contributed by atoms with Crippen molar-refractivity contribution in [3.8, 4) is 0 Å². The number of nitrogens with zero attached hydrogens (tertiary/aromatic N) is 2. The number of aromatic nitrogens is 2. The third kappa shape index (κ3) is 4.18. The van der Waals surface area contributed by atoms with Crippen LogP contribution in [0.25, 0.3) is 6.08 Å². The Balaban J connectivity index is 1.84. The van der Waals surface area contributed by atoms with Crippen molar-refractivity contribution in [2.24, 2.45) is 7.05 Å². The number of carbonyl (C=O) groups excluding carboxylic acids is 1. The van der Waals surface area contributed by atoms with E-state index in [0.29, 0.717) is 16.4 Å². The van der Waals surface area contributed by atoms with Crippen LogP contribution in [0, 0.1) is 5.82 Å². The van der Waals surface area contributed by atoms with Gasteiger partial charge in [0.15, 0.2) is 0 Å². The smallest absolute Gasteiger partial charge is 0.244 e. The van der Waals surface area contributed by atoms with Crippen LogP contribution in [0.1, 0.15) is 23.0 Å². The summed E-state index contributed by atoms with van der Waals surface area (Å²) in [7, 11) is 1.80. The molecule has 1 aromatic heterocycles. The van der Waals surface area contributed by atoms with Crippen molar-refractivity contribution in [3.05, 3.63) is 94.8 Å². The van der Waals surface area contributed by atoms with Gasteiger partial charge in [-0.15, -0.1) is 0 Å². The Morgan fingerprint density at radius 1 is 1.23 bits per heavy atom. The van der Waals surface area contributed by atoms with Gasteiger partial charge in [0.25, 0.3) is 0 Å². The minimum absolute atomic E-state index is 0.351. The highest BCUT2D eigenvalue weighted by molar-refractivity contribution is 6.30. The van der Waals surface area contributed by atoms with Gasteiger partial charge < -0.3 is 9.88 Å². The summed E-state index contributed by atoms with van der Waals surface area (Å²) in [4.78, 5) is 16.7. The van der Waals surface area contributed by atoms with Gasteiger partial charge in [-0.3, -0.25) is 4.79 Å². The highest BCUT2D eigenvalue weighted by atomic mass is 35.5. The van der Waals surface area contributed by atoms with E-state index in [2.05, 4.69) is 10.3 Å². The second-order valence-electron chi connectivity index (χ2n) is 5.74. The zero-order valence-corrected chi connectivity index (χ0v) is 14.8. The average molecular weight is 370 g/mol. The summed E-state index contributed by atoms with van der Waals surface area (Å²) in [5, 5.41) is 3.45. The molecule has 132 valence electrons. The Bertz CT molecular complexity index is 934. The Hall–Kier alpha value is -2.92. The molecule has 2 aromatic carbocycles. The van der Waals surface area contributed by atoms with Crippen molar-refractivity contribution >= 4 is 23.6 Å². The van der Waals surface area contributed by atoms with Gasteiger partial charge in [0.2, 0.25) is 5.91 Å². The Kier molecular flexibility index (Phi) is 5.49. The minimum Gasteiger partial charge on any atom is -0.338 e. The number of nitrogens with one attached hydrogen (secondary N) is 1. The molecule has 1 unspecified atom stereocenters. The van der Waals surface area contributed by atoms with Gasteiger partial charge in [0, 0.05) is 36.1 Å². The standard InChI is InChI=1S/C20H17ClFN3O/c1-25-13-12-23-20(25)19(16-4-2-3-5-17(16)22)24-18(26)11-8-14-6-9-15(21)10-7-14/h2-13,19H,1H3,(H,24,26)/b11-8+. The average Bonchev–Trinajstić information content (AvgIpc) is 3.06. The zero-order valence-electron chi connectivity index (χ0n) is 14.1. The molecule has 1 N–H and O–H groups in total. The molecule has 0 saturated carbocycles. The van der Waals surface area contributed by atoms with E-state index < -0.39 is 11.9 Å². The summed E-state index contributed by atoms with van der Waals surface area (Å²) in [5.74, 6) is -0.206. The van der Waals surface area contributed by atoms with Crippen LogP contribution < -0.4 is 5.32 Å². The number of carbonyl (C=O) groups is 1. The second-order valence-corrected chi connectivity index (χ2v) is 6.18. The van der Waals surface area contributed by atoms with Crippen molar-refractivity contribution in [1.29, 1.82) is 0 Å². The molecule has 0 aliphatic rings. The largest absolute Gasteiger partial charge is 0.338 e. The fraction of sp³-hybridized carbons (Fsp3) is 0.100. The number of rotatable bonds is 5. The third-order valence-electron chi connectivity index (χ3n) is 3.92. The van der Waals surface area contributed by atoms with Gasteiger partial charge in [-0.25, -0.2) is 9.37 Å². The number of halogens is 2. The highest BCUT2D eigenvalue weighted by Gasteiger charge is 2.22. The lowest BCUT2D eigenvalue weighted by molar-refractivity contribution is -0.117. The molecule has 6 heteroatoms. The van der Waals surface area contributed by atoms with E-state index in [1.54, 1.807) is 72.5 Å². The van der Waals surface area contributed by atoms with Crippen molar-refractivity contribution in [3.63, 3.8) is 0 Å². The molecule has 1 atom stereocenters. The zero-order chi connectivity index (χ0) is 18.5. The number of amides is 1. The molecule has 3 rings (SSSR count). The number of hydrogen-bond acceptors (Lipinski definition) is 2. The van der Waals surface area contributed by atoms with Gasteiger partial charge in [0.05, 0.1) is 0 Å². The quantitative estimate of drug-likeness (QED) is 0.687. The minimum atomic E-state index is -0.696. The first kappa shape index (κ1) is 17.9. The lowest BCUT2D eigenvalue weighted by atomic mass is 10.1. The number of aryl methyl sites for hydroxylation is 1. The van der Waals surface area contributed by atoms with E-state index in [0.717, 1.165) is 5.56 Å². The van der Waals surface area contributed by atoms with Crippen LogP contribution >= 0.6 is 11.6 Å². The van der Waals surface area contributed by atoms with Gasteiger partial charge in [-0.2, -0.15) is 0 Å². The summed E-state index contributed by atoms with van der Waals surface area (Å²) in [6, 6.07) is 12.7. The van der Waals surface area contributed by atoms with Crippen LogP contribution in [-0.4, -0.2) is 15.5 Å². The van der Waals surface area contributed by atoms with Crippen LogP contribution in [0.5, 0.6) is 0 Å². The first-order chi connectivity index (χ1) is 12.5. The summed E-state index contributed by atoms with van der Waals surface area (Å²) in [6.45, 7) is 0. The summed E-state index contributed by atoms with van der Waals surface area (Å²) >= 11 is 5.85. The highest BCUT2D eigenvalue weighted by Crippen LogP contribution is 2.23. The SMILES string of the molecule is Cn1ccnc1C(NC(=O)/C=C/c1ccc(Cl)cc1)c1ccccc1F. The molecular weight excluding hydrogens is 353 g/mol. The van der Waals surface area contributed by atoms with Crippen molar-refractivity contribution < 1.29 is 9.18 Å². The van der Waals surface area contributed by atoms with Crippen LogP contribution in [0.3, 0.4) is 0 Å². The molecule has 26 heavy (non-hydrogen) atoms. The summed E-state index contributed by atoms with van der Waals surface area (Å²) < 4.78 is 16.0. The maximum atomic E-state index is 14.3. The maximum absolute atomic E-state index is 14.3. The normalized spacial score (nSPS) is 12.3. The predicted octanol–water partition coefficient (Wildman–Crippen LogP) is 4.13. The molecule has 4 nitrogen and oxygen atoms in total. The lowest BCUT2D eigenvalue weighted by Crippen LogP contribution is -2.30. The molecule has 1 amide bonds. The van der Waals surface area contributed by atoms with Crippen LogP contribution in [0.15, 0.2) is 67.0 Å². The molecule has 0 aliphatic carbocycles. The fourth-order valence-electron chi connectivity index (χ4n) is 2.58. The monoisotopic (exact) mass is 369 g/mol. The molecule has 0 fully saturated rings. The number of benzene rings is 2. The molecule has 3 aromatic rings. The molecule has 0 spiro atoms. The maximum Gasteiger partial charge on any atom is 0.244 e. The van der Waals surface area contributed by atoms with E-state index in [9.17, 15) is 9.18 Å². The Morgan fingerprint density at radius 2 is 1.96 bits per heavy atom. The summed E-state index contributed by atoms with van der Waals surface area (Å²) in [5.41, 5.74) is 1.19. The third-order valence-corrected chi connectivity index (χ3v) is 4.17. The molecular formula is C20H17ClFN3O. The van der Waals surface area contributed by atoms with E-state index in [1.807, 2.05) is 0 Å². The lowest BCUT2D eigenvalue weighted by Gasteiger charge is -2.18. The van der Waals surface area contributed by atoms with Crippen molar-refractivity contribution in [2.45, 2.75) is 6.04 Å². The molecule has 0 aliphatic heterocycles. The van der Waals surface area contributed by atoms with Crippen LogP contribution in [0.4, 0.5) is 4.39 Å². The second kappa shape index (κ2) is 7.97. The van der Waals surface area contributed by atoms with E-state index in [-0.39, 0.29) is 5.91 Å². The molecule has 1 heterocycles. The summed E-state index contributed by atoms with van der Waals surface area (Å²) in [6.07, 6.45) is 6.43. The van der Waals surface area contributed by atoms with Crippen LogP contribution in [-0.2, 0) is 11.8 Å². The molecule has 0 radical (unpaired) electrons. The van der Waals surface area contributed by atoms with E-state index >= 15 is 0 Å². The van der Waals surface area contributed by atoms with Crippen molar-refractivity contribution in [2.75, 3.05) is 0 Å². The Morgan fingerprint density at radius 3 is 2.62 bits per heavy atom. The predicted molar refractivity (Wildman–Crippen MR) is 100 cm³/mol. The van der Waals surface area contributed by atoms with E-state index in [4.69, 9.17) is 11.6 Å². The van der Waals surface area contributed by atoms with Gasteiger partial charge >= 0.3 is 0 Å². The van der Waals surface area contributed by atoms with Crippen LogP contribution in [0.2, 0.25) is 5.02 Å². The molecule has 0 bridgehead atoms. The fourth-order valence-corrected chi connectivity index (χ4v) is 2.71. The van der Waals surface area contributed by atoms with Gasteiger partial charge in [-0.1, -0.05) is 41.9 Å². The number of imidazole rings is 1. The topological polar surface area (TPSA) is 46.9 Å². The first-order valence-corrected chi connectivity index (χ1v) is 8.38. The van der Waals surface area contributed by atoms with Gasteiger partial charge in [0.1, 0.15) is 17.7 Å². The Labute approximate surface area is 155 Å². The molecule has 0 saturated heterocycles. The van der Waals surface area contributed by atoms with Crippen molar-refractivity contribution in [1.82, 2.24) is 14.9 Å². The number of hydrogen-bond donors (Lipinski definition) is 1. The first-order valence-electron chi connectivity index (χ1n) is 8.00.